The van der Waals surface area contributed by atoms with Crippen LogP contribution in [0.3, 0.4) is 0 Å². The highest BCUT2D eigenvalue weighted by molar-refractivity contribution is 6.00. The normalized spacial score (nSPS) is 23.8. The third-order valence-corrected chi connectivity index (χ3v) is 5.70. The lowest BCUT2D eigenvalue weighted by molar-refractivity contribution is -0.328. The first-order chi connectivity index (χ1) is 14.9. The van der Waals surface area contributed by atoms with Crippen molar-refractivity contribution in [2.45, 2.75) is 17.9 Å². The van der Waals surface area contributed by atoms with Crippen molar-refractivity contribution in [2.24, 2.45) is 5.92 Å². The summed E-state index contributed by atoms with van der Waals surface area (Å²) in [5.41, 5.74) is -3.55. The maximum atomic E-state index is 14.2. The van der Waals surface area contributed by atoms with Crippen molar-refractivity contribution in [1.29, 1.82) is 0 Å². The van der Waals surface area contributed by atoms with Crippen molar-refractivity contribution in [3.8, 4) is 0 Å². The topological polar surface area (TPSA) is 87.1 Å². The van der Waals surface area contributed by atoms with Gasteiger partial charge in [0.1, 0.15) is 5.92 Å². The highest BCUT2D eigenvalue weighted by Gasteiger charge is 2.70. The number of carbonyl (C=O) groups excluding carboxylic acids is 3. The number of methoxy groups -OCH3 is 1. The molecule has 170 valence electrons. The van der Waals surface area contributed by atoms with E-state index in [1.165, 1.54) is 62.7 Å². The summed E-state index contributed by atoms with van der Waals surface area (Å²) >= 11 is 0. The van der Waals surface area contributed by atoms with Crippen molar-refractivity contribution in [1.82, 2.24) is 9.80 Å². The number of esters is 1. The first-order valence-electron chi connectivity index (χ1n) is 9.52. The fourth-order valence-corrected chi connectivity index (χ4v) is 3.98. The first kappa shape index (κ1) is 23.3. The Balaban J connectivity index is 2.22. The summed E-state index contributed by atoms with van der Waals surface area (Å²) in [5.74, 6) is -3.76. The summed E-state index contributed by atoms with van der Waals surface area (Å²) < 4.78 is 47.3. The lowest BCUT2D eigenvalue weighted by Gasteiger charge is -2.53. The van der Waals surface area contributed by atoms with Gasteiger partial charge in [-0.05, 0) is 17.7 Å². The van der Waals surface area contributed by atoms with Crippen LogP contribution in [0.25, 0.3) is 0 Å². The number of amides is 2. The third-order valence-electron chi connectivity index (χ3n) is 5.70. The Labute approximate surface area is 182 Å². The number of Topliss-reactive ketones (excluding diaryl/α,β-unsaturated/α-hetero) is 1. The molecule has 7 nitrogen and oxygen atoms in total. The fourth-order valence-electron chi connectivity index (χ4n) is 3.98. The largest absolute Gasteiger partial charge is 0.465 e. The molecule has 0 spiro atoms. The Bertz CT molecular complexity index is 1030. The minimum absolute atomic E-state index is 0.0486. The van der Waals surface area contributed by atoms with Crippen LogP contribution in [-0.4, -0.2) is 65.8 Å². The minimum Gasteiger partial charge on any atom is -0.465 e. The van der Waals surface area contributed by atoms with E-state index in [1.807, 2.05) is 0 Å². The number of carbonyl (C=O) groups is 3. The molecule has 3 atom stereocenters. The Hall–Kier alpha value is -3.40. The molecule has 1 aliphatic heterocycles. The molecule has 0 saturated carbocycles. The molecule has 32 heavy (non-hydrogen) atoms. The number of benzene rings is 2. The third kappa shape index (κ3) is 3.60. The molecular weight excluding hydrogens is 429 g/mol. The number of nitrogens with zero attached hydrogens (tertiary/aromatic N) is 2. The monoisotopic (exact) mass is 450 g/mol. The van der Waals surface area contributed by atoms with E-state index in [9.17, 15) is 32.7 Å². The number of urea groups is 1. The van der Waals surface area contributed by atoms with Crippen molar-refractivity contribution < 1.29 is 37.4 Å². The number of ketones is 1. The van der Waals surface area contributed by atoms with Crippen LogP contribution < -0.4 is 0 Å². The Morgan fingerprint density at radius 1 is 1.00 bits per heavy atom. The van der Waals surface area contributed by atoms with E-state index >= 15 is 0 Å². The number of halogens is 3. The zero-order valence-electron chi connectivity index (χ0n) is 17.5. The minimum atomic E-state index is -5.34. The molecule has 1 heterocycles. The molecule has 2 amide bonds. The van der Waals surface area contributed by atoms with Crippen molar-refractivity contribution in [3.63, 3.8) is 0 Å². The van der Waals surface area contributed by atoms with Crippen LogP contribution in [0.1, 0.15) is 32.3 Å². The first-order valence-corrected chi connectivity index (χ1v) is 9.52. The second-order valence-corrected chi connectivity index (χ2v) is 7.44. The summed E-state index contributed by atoms with van der Waals surface area (Å²) in [4.78, 5) is 38.9. The van der Waals surface area contributed by atoms with Gasteiger partial charge in [-0.25, -0.2) is 9.59 Å². The van der Waals surface area contributed by atoms with Crippen molar-refractivity contribution in [3.05, 3.63) is 71.3 Å². The molecular formula is C22H21F3N2O5. The van der Waals surface area contributed by atoms with Gasteiger partial charge in [-0.2, -0.15) is 13.2 Å². The molecule has 0 bridgehead atoms. The molecule has 0 aromatic heterocycles. The molecule has 1 aliphatic rings. The van der Waals surface area contributed by atoms with E-state index in [4.69, 9.17) is 0 Å². The SMILES string of the molecule is COC(=O)c1ccc(C2C(C(=O)c3ccccc3)C(O)(C(F)(F)F)N(C)C(=O)N2C)cc1. The number of alkyl halides is 3. The summed E-state index contributed by atoms with van der Waals surface area (Å²) in [6.07, 6.45) is -5.34. The zero-order valence-corrected chi connectivity index (χ0v) is 17.5. The molecule has 2 aromatic rings. The molecule has 3 unspecified atom stereocenters. The molecule has 3 rings (SSSR count). The van der Waals surface area contributed by atoms with Crippen LogP contribution in [0.2, 0.25) is 0 Å². The molecule has 0 aliphatic carbocycles. The van der Waals surface area contributed by atoms with E-state index in [-0.39, 0.29) is 21.6 Å². The van der Waals surface area contributed by atoms with Gasteiger partial charge in [-0.3, -0.25) is 9.69 Å². The average molecular weight is 450 g/mol. The van der Waals surface area contributed by atoms with Gasteiger partial charge >= 0.3 is 18.2 Å². The van der Waals surface area contributed by atoms with E-state index in [2.05, 4.69) is 4.74 Å². The van der Waals surface area contributed by atoms with Crippen LogP contribution in [0.4, 0.5) is 18.0 Å². The number of aliphatic hydroxyl groups is 1. The highest BCUT2D eigenvalue weighted by Crippen LogP contribution is 2.50. The van der Waals surface area contributed by atoms with Crippen LogP contribution in [0, 0.1) is 5.92 Å². The smallest absolute Gasteiger partial charge is 0.437 e. The van der Waals surface area contributed by atoms with E-state index < -0.39 is 41.6 Å². The van der Waals surface area contributed by atoms with Gasteiger partial charge in [0.2, 0.25) is 0 Å². The van der Waals surface area contributed by atoms with Crippen LogP contribution in [-0.2, 0) is 4.74 Å². The quantitative estimate of drug-likeness (QED) is 0.571. The second kappa shape index (κ2) is 8.27. The summed E-state index contributed by atoms with van der Waals surface area (Å²) in [6.45, 7) is 0. The summed E-state index contributed by atoms with van der Waals surface area (Å²) in [5, 5.41) is 10.9. The van der Waals surface area contributed by atoms with E-state index in [0.29, 0.717) is 0 Å². The van der Waals surface area contributed by atoms with Crippen LogP contribution in [0.15, 0.2) is 54.6 Å². The Morgan fingerprint density at radius 3 is 2.06 bits per heavy atom. The fraction of sp³-hybridized carbons (Fsp3) is 0.318. The van der Waals surface area contributed by atoms with Crippen molar-refractivity contribution >= 4 is 17.8 Å². The van der Waals surface area contributed by atoms with Crippen LogP contribution >= 0.6 is 0 Å². The molecule has 0 radical (unpaired) electrons. The molecule has 1 N–H and O–H groups in total. The molecule has 1 saturated heterocycles. The van der Waals surface area contributed by atoms with Crippen LogP contribution in [0.5, 0.6) is 0 Å². The van der Waals surface area contributed by atoms with E-state index in [1.54, 1.807) is 6.07 Å². The summed E-state index contributed by atoms with van der Waals surface area (Å²) in [7, 11) is 3.23. The average Bonchev–Trinajstić information content (AvgIpc) is 2.79. The molecule has 2 aromatic carbocycles. The Morgan fingerprint density at radius 2 is 1.56 bits per heavy atom. The van der Waals surface area contributed by atoms with Gasteiger partial charge < -0.3 is 14.7 Å². The van der Waals surface area contributed by atoms with Gasteiger partial charge in [0.15, 0.2) is 5.78 Å². The number of hydrogen-bond donors (Lipinski definition) is 1. The van der Waals surface area contributed by atoms with Crippen molar-refractivity contribution in [2.75, 3.05) is 21.2 Å². The maximum Gasteiger partial charge on any atom is 0.437 e. The maximum absolute atomic E-state index is 14.2. The molecule has 10 heteroatoms. The number of hydrogen-bond acceptors (Lipinski definition) is 5. The predicted octanol–water partition coefficient (Wildman–Crippen LogP) is 3.26. The highest BCUT2D eigenvalue weighted by atomic mass is 19.4. The lowest BCUT2D eigenvalue weighted by atomic mass is 9.75. The summed E-state index contributed by atoms with van der Waals surface area (Å²) in [6, 6.07) is 9.94. The van der Waals surface area contributed by atoms with Gasteiger partial charge in [-0.1, -0.05) is 42.5 Å². The lowest BCUT2D eigenvalue weighted by Crippen LogP contribution is -2.73. The van der Waals surface area contributed by atoms with Gasteiger partial charge in [0, 0.05) is 19.7 Å². The van der Waals surface area contributed by atoms with E-state index in [0.717, 1.165) is 11.9 Å². The number of rotatable bonds is 4. The zero-order chi connectivity index (χ0) is 23.8. The molecule has 1 fully saturated rings. The van der Waals surface area contributed by atoms with Gasteiger partial charge in [0.25, 0.3) is 5.72 Å². The second-order valence-electron chi connectivity index (χ2n) is 7.44. The van der Waals surface area contributed by atoms with Gasteiger partial charge in [0.05, 0.1) is 18.7 Å². The standard InChI is InChI=1S/C22H21F3N2O5/c1-26-17(13-9-11-15(12-10-13)19(29)32-3)16(18(28)14-7-5-4-6-8-14)21(31,22(23,24)25)27(2)20(26)30/h4-12,16-17,31H,1-3H3. The number of ether oxygens (including phenoxy) is 1. The van der Waals surface area contributed by atoms with Gasteiger partial charge in [-0.15, -0.1) is 0 Å². The Kier molecular flexibility index (Phi) is 6.01. The predicted molar refractivity (Wildman–Crippen MR) is 107 cm³/mol.